The molecule has 1 aromatic carbocycles. The fourth-order valence-corrected chi connectivity index (χ4v) is 1.70. The lowest BCUT2D eigenvalue weighted by Crippen LogP contribution is -2.38. The molecule has 0 atom stereocenters. The molecule has 0 aromatic heterocycles. The van der Waals surface area contributed by atoms with E-state index in [1.54, 1.807) is 18.2 Å². The van der Waals surface area contributed by atoms with Crippen LogP contribution in [0.2, 0.25) is 0 Å². The zero-order chi connectivity index (χ0) is 14.3. The molecule has 0 bridgehead atoms. The van der Waals surface area contributed by atoms with Crippen molar-refractivity contribution in [1.82, 2.24) is 10.6 Å². The summed E-state index contributed by atoms with van der Waals surface area (Å²) in [5.41, 5.74) is 0.792. The van der Waals surface area contributed by atoms with Gasteiger partial charge in [-0.25, -0.2) is 0 Å². The van der Waals surface area contributed by atoms with Gasteiger partial charge in [-0.15, -0.1) is 0 Å². The van der Waals surface area contributed by atoms with Gasteiger partial charge in [0.1, 0.15) is 0 Å². The third-order valence-corrected chi connectivity index (χ3v) is 2.49. The smallest absolute Gasteiger partial charge is 0.272 e. The Hall–Kier alpha value is -1.95. The molecule has 0 heterocycles. The molecule has 0 radical (unpaired) electrons. The van der Waals surface area contributed by atoms with Crippen molar-refractivity contribution >= 4 is 11.6 Å². The average Bonchev–Trinajstić information content (AvgIpc) is 2.34. The molecule has 0 aliphatic heterocycles. The van der Waals surface area contributed by atoms with Crippen molar-refractivity contribution in [2.45, 2.75) is 26.3 Å². The summed E-state index contributed by atoms with van der Waals surface area (Å²) >= 11 is 0. The molecule has 19 heavy (non-hydrogen) atoms. The molecule has 0 fully saturated rings. The van der Waals surface area contributed by atoms with Gasteiger partial charge < -0.3 is 10.6 Å². The number of nitrogens with zero attached hydrogens (tertiary/aromatic N) is 1. The Kier molecular flexibility index (Phi) is 5.95. The first-order valence-corrected chi connectivity index (χ1v) is 6.23. The fourth-order valence-electron chi connectivity index (χ4n) is 1.70. The summed E-state index contributed by atoms with van der Waals surface area (Å²) in [6, 6.07) is 6.75. The van der Waals surface area contributed by atoms with Gasteiger partial charge in [0.2, 0.25) is 5.91 Å². The van der Waals surface area contributed by atoms with Gasteiger partial charge in [0.05, 0.1) is 11.5 Å². The van der Waals surface area contributed by atoms with E-state index in [1.807, 2.05) is 13.8 Å². The average molecular weight is 265 g/mol. The molecule has 0 spiro atoms. The van der Waals surface area contributed by atoms with Gasteiger partial charge in [-0.1, -0.05) is 18.2 Å². The minimum atomic E-state index is -0.388. The molecule has 0 aliphatic carbocycles. The Morgan fingerprint density at radius 3 is 2.68 bits per heavy atom. The maximum absolute atomic E-state index is 11.4. The minimum Gasteiger partial charge on any atom is -0.353 e. The highest BCUT2D eigenvalue weighted by atomic mass is 16.6. The Balaban J connectivity index is 2.38. The summed E-state index contributed by atoms with van der Waals surface area (Å²) in [5, 5.41) is 16.5. The van der Waals surface area contributed by atoms with Gasteiger partial charge in [-0.2, -0.15) is 0 Å². The summed E-state index contributed by atoms with van der Waals surface area (Å²) < 4.78 is 0. The van der Waals surface area contributed by atoms with E-state index in [4.69, 9.17) is 0 Å². The molecule has 0 saturated heterocycles. The number of carbonyl (C=O) groups is 1. The van der Waals surface area contributed by atoms with Crippen LogP contribution >= 0.6 is 0 Å². The van der Waals surface area contributed by atoms with Crippen LogP contribution < -0.4 is 10.6 Å². The van der Waals surface area contributed by atoms with Crippen molar-refractivity contribution in [2.75, 3.05) is 13.1 Å². The van der Waals surface area contributed by atoms with E-state index < -0.39 is 0 Å². The second-order valence-electron chi connectivity index (χ2n) is 4.53. The number of carbonyl (C=O) groups excluding carboxylic acids is 1. The van der Waals surface area contributed by atoms with Crippen molar-refractivity contribution in [2.24, 2.45) is 0 Å². The standard InChI is InChI=1S/C13H19N3O3/c1-10(2)15-13(17)9-14-8-7-11-5-3-4-6-12(11)16(18)19/h3-6,10,14H,7-9H2,1-2H3,(H,15,17). The van der Waals surface area contributed by atoms with Gasteiger partial charge in [0, 0.05) is 17.7 Å². The maximum atomic E-state index is 11.4. The monoisotopic (exact) mass is 265 g/mol. The first-order chi connectivity index (χ1) is 9.00. The van der Waals surface area contributed by atoms with Crippen LogP contribution in [0.15, 0.2) is 24.3 Å². The highest BCUT2D eigenvalue weighted by Crippen LogP contribution is 2.17. The van der Waals surface area contributed by atoms with E-state index in [-0.39, 0.29) is 29.1 Å². The van der Waals surface area contributed by atoms with Crippen LogP contribution in [0.3, 0.4) is 0 Å². The minimum absolute atomic E-state index is 0.0717. The predicted molar refractivity (Wildman–Crippen MR) is 72.9 cm³/mol. The number of nitro benzene ring substituents is 1. The molecule has 0 unspecified atom stereocenters. The molecular weight excluding hydrogens is 246 g/mol. The summed E-state index contributed by atoms with van der Waals surface area (Å²) in [5.74, 6) is -0.0717. The van der Waals surface area contributed by atoms with Gasteiger partial charge in [0.25, 0.3) is 5.69 Å². The van der Waals surface area contributed by atoms with E-state index in [9.17, 15) is 14.9 Å². The Bertz CT molecular complexity index is 447. The molecule has 6 nitrogen and oxygen atoms in total. The third-order valence-electron chi connectivity index (χ3n) is 2.49. The van der Waals surface area contributed by atoms with E-state index in [0.717, 1.165) is 0 Å². The van der Waals surface area contributed by atoms with Crippen LogP contribution in [-0.4, -0.2) is 30.0 Å². The first kappa shape index (κ1) is 15.1. The molecule has 1 amide bonds. The number of nitro groups is 1. The molecular formula is C13H19N3O3. The third kappa shape index (κ3) is 5.48. The molecule has 0 saturated carbocycles. The van der Waals surface area contributed by atoms with E-state index >= 15 is 0 Å². The highest BCUT2D eigenvalue weighted by molar-refractivity contribution is 5.78. The van der Waals surface area contributed by atoms with Crippen LogP contribution in [0.4, 0.5) is 5.69 Å². The highest BCUT2D eigenvalue weighted by Gasteiger charge is 2.11. The largest absolute Gasteiger partial charge is 0.353 e. The molecule has 1 aromatic rings. The molecule has 6 heteroatoms. The van der Waals surface area contributed by atoms with Crippen LogP contribution in [0, 0.1) is 10.1 Å². The second kappa shape index (κ2) is 7.48. The van der Waals surface area contributed by atoms with Crippen LogP contribution in [-0.2, 0) is 11.2 Å². The van der Waals surface area contributed by atoms with Gasteiger partial charge in [0.15, 0.2) is 0 Å². The van der Waals surface area contributed by atoms with Crippen LogP contribution in [0.1, 0.15) is 19.4 Å². The van der Waals surface area contributed by atoms with Crippen LogP contribution in [0.5, 0.6) is 0 Å². The van der Waals surface area contributed by atoms with Crippen molar-refractivity contribution < 1.29 is 9.72 Å². The molecule has 0 aliphatic rings. The quantitative estimate of drug-likeness (QED) is 0.441. The fraction of sp³-hybridized carbons (Fsp3) is 0.462. The number of benzene rings is 1. The lowest BCUT2D eigenvalue weighted by Gasteiger charge is -2.09. The van der Waals surface area contributed by atoms with Gasteiger partial charge in [-0.3, -0.25) is 14.9 Å². The second-order valence-corrected chi connectivity index (χ2v) is 4.53. The number of para-hydroxylation sites is 1. The zero-order valence-electron chi connectivity index (χ0n) is 11.2. The van der Waals surface area contributed by atoms with E-state index in [0.29, 0.717) is 18.5 Å². The predicted octanol–water partition coefficient (Wildman–Crippen LogP) is 1.25. The van der Waals surface area contributed by atoms with Crippen molar-refractivity contribution in [1.29, 1.82) is 0 Å². The number of rotatable bonds is 7. The van der Waals surface area contributed by atoms with Crippen molar-refractivity contribution in [3.63, 3.8) is 0 Å². The number of hydrogen-bond acceptors (Lipinski definition) is 4. The number of amides is 1. The Morgan fingerprint density at radius 2 is 2.05 bits per heavy atom. The Labute approximate surface area is 112 Å². The summed E-state index contributed by atoms with van der Waals surface area (Å²) in [4.78, 5) is 21.8. The van der Waals surface area contributed by atoms with Crippen molar-refractivity contribution in [3.05, 3.63) is 39.9 Å². The van der Waals surface area contributed by atoms with E-state index in [2.05, 4.69) is 10.6 Å². The SMILES string of the molecule is CC(C)NC(=O)CNCCc1ccccc1[N+](=O)[O-]. The lowest BCUT2D eigenvalue weighted by molar-refractivity contribution is -0.385. The Morgan fingerprint density at radius 1 is 1.37 bits per heavy atom. The summed E-state index contributed by atoms with van der Waals surface area (Å²) in [6.07, 6.45) is 0.520. The van der Waals surface area contributed by atoms with Gasteiger partial charge in [-0.05, 0) is 26.8 Å². The number of hydrogen-bond donors (Lipinski definition) is 2. The molecule has 104 valence electrons. The normalized spacial score (nSPS) is 10.5. The summed E-state index contributed by atoms with van der Waals surface area (Å²) in [6.45, 7) is 4.53. The van der Waals surface area contributed by atoms with Gasteiger partial charge >= 0.3 is 0 Å². The van der Waals surface area contributed by atoms with Crippen LogP contribution in [0.25, 0.3) is 0 Å². The topological polar surface area (TPSA) is 84.3 Å². The number of nitrogens with one attached hydrogen (secondary N) is 2. The maximum Gasteiger partial charge on any atom is 0.272 e. The summed E-state index contributed by atoms with van der Waals surface area (Å²) in [7, 11) is 0. The molecule has 2 N–H and O–H groups in total. The van der Waals surface area contributed by atoms with E-state index in [1.165, 1.54) is 6.07 Å². The van der Waals surface area contributed by atoms with Crippen molar-refractivity contribution in [3.8, 4) is 0 Å². The lowest BCUT2D eigenvalue weighted by atomic mass is 10.1. The first-order valence-electron chi connectivity index (χ1n) is 6.23. The zero-order valence-corrected chi connectivity index (χ0v) is 11.2. The molecule has 1 rings (SSSR count).